The van der Waals surface area contributed by atoms with Crippen molar-refractivity contribution in [1.82, 2.24) is 5.32 Å². The third-order valence-corrected chi connectivity index (χ3v) is 3.12. The van der Waals surface area contributed by atoms with Crippen molar-refractivity contribution >= 4 is 0 Å². The Bertz CT molecular complexity index is 347. The Balaban J connectivity index is 2.02. The van der Waals surface area contributed by atoms with Gasteiger partial charge in [-0.25, -0.2) is 0 Å². The average Bonchev–Trinajstić information content (AvgIpc) is 2.91. The molecule has 0 bridgehead atoms. The van der Waals surface area contributed by atoms with Crippen molar-refractivity contribution in [3.05, 3.63) is 29.8 Å². The van der Waals surface area contributed by atoms with Crippen LogP contribution in [0.4, 0.5) is 0 Å². The number of likely N-dealkylation sites (N-methyl/N-ethyl adjacent to an activating group) is 1. The van der Waals surface area contributed by atoms with Gasteiger partial charge >= 0.3 is 0 Å². The van der Waals surface area contributed by atoms with E-state index in [1.807, 2.05) is 19.2 Å². The minimum atomic E-state index is 0.0626. The molecule has 1 fully saturated rings. The largest absolute Gasteiger partial charge is 0.497 e. The fourth-order valence-electron chi connectivity index (χ4n) is 2.10. The lowest BCUT2D eigenvalue weighted by Crippen LogP contribution is -2.25. The van der Waals surface area contributed by atoms with Gasteiger partial charge in [-0.2, -0.15) is 0 Å². The lowest BCUT2D eigenvalue weighted by Gasteiger charge is -2.21. The third-order valence-electron chi connectivity index (χ3n) is 3.12. The number of methoxy groups -OCH3 is 1. The number of hydrogen-bond acceptors (Lipinski definition) is 4. The van der Waals surface area contributed by atoms with Crippen molar-refractivity contribution in [2.45, 2.75) is 18.6 Å². The van der Waals surface area contributed by atoms with Gasteiger partial charge in [-0.05, 0) is 31.2 Å². The Morgan fingerprint density at radius 1 is 1.39 bits per heavy atom. The van der Waals surface area contributed by atoms with Crippen LogP contribution in [0.3, 0.4) is 0 Å². The van der Waals surface area contributed by atoms with E-state index < -0.39 is 0 Å². The van der Waals surface area contributed by atoms with E-state index in [-0.39, 0.29) is 12.2 Å². The van der Waals surface area contributed by atoms with Gasteiger partial charge < -0.3 is 19.5 Å². The van der Waals surface area contributed by atoms with Gasteiger partial charge in [-0.1, -0.05) is 12.1 Å². The van der Waals surface area contributed by atoms with Crippen LogP contribution in [-0.4, -0.2) is 40.0 Å². The van der Waals surface area contributed by atoms with Crippen LogP contribution in [0.2, 0.25) is 0 Å². The van der Waals surface area contributed by atoms with Gasteiger partial charge in [-0.3, -0.25) is 0 Å². The Hall–Kier alpha value is -1.10. The van der Waals surface area contributed by atoms with Crippen LogP contribution in [0.1, 0.15) is 18.1 Å². The molecule has 1 N–H and O–H groups in total. The van der Waals surface area contributed by atoms with Gasteiger partial charge in [0, 0.05) is 13.2 Å². The van der Waals surface area contributed by atoms with E-state index in [0.717, 1.165) is 30.9 Å². The Morgan fingerprint density at radius 2 is 2.17 bits per heavy atom. The predicted octanol–water partition coefficient (Wildman–Crippen LogP) is 1.76. The monoisotopic (exact) mass is 251 g/mol. The average molecular weight is 251 g/mol. The molecule has 1 aliphatic heterocycles. The second-order valence-corrected chi connectivity index (χ2v) is 4.44. The molecular weight excluding hydrogens is 230 g/mol. The molecule has 1 aromatic rings. The minimum Gasteiger partial charge on any atom is -0.497 e. The molecule has 0 radical (unpaired) electrons. The molecule has 0 saturated carbocycles. The Labute approximate surface area is 108 Å². The molecule has 0 aliphatic carbocycles. The number of benzene rings is 1. The van der Waals surface area contributed by atoms with Crippen LogP contribution in [0, 0.1) is 0 Å². The quantitative estimate of drug-likeness (QED) is 0.836. The fraction of sp³-hybridized carbons (Fsp3) is 0.571. The highest BCUT2D eigenvalue weighted by Gasteiger charge is 2.21. The van der Waals surface area contributed by atoms with Crippen LogP contribution in [0.25, 0.3) is 0 Å². The molecule has 1 aromatic carbocycles. The molecule has 0 amide bonds. The maximum Gasteiger partial charge on any atom is 0.118 e. The van der Waals surface area contributed by atoms with E-state index in [2.05, 4.69) is 17.4 Å². The second kappa shape index (κ2) is 6.73. The summed E-state index contributed by atoms with van der Waals surface area (Å²) in [6.07, 6.45) is 1.26. The molecule has 1 aliphatic rings. The standard InChI is InChI=1S/C14H21NO3/c1-15-9-14(18-13-7-8-17-10-13)11-3-5-12(16-2)6-4-11/h3-6,13-15H,7-10H2,1-2H3. The molecule has 2 rings (SSSR count). The van der Waals surface area contributed by atoms with Gasteiger partial charge in [-0.15, -0.1) is 0 Å². The van der Waals surface area contributed by atoms with Crippen molar-refractivity contribution in [3.8, 4) is 5.75 Å². The Morgan fingerprint density at radius 3 is 2.72 bits per heavy atom. The smallest absolute Gasteiger partial charge is 0.118 e. The molecule has 1 heterocycles. The molecule has 100 valence electrons. The first kappa shape index (κ1) is 13.3. The number of ether oxygens (including phenoxy) is 3. The number of hydrogen-bond donors (Lipinski definition) is 1. The lowest BCUT2D eigenvalue weighted by atomic mass is 10.1. The van der Waals surface area contributed by atoms with E-state index in [9.17, 15) is 0 Å². The maximum absolute atomic E-state index is 6.08. The molecule has 0 spiro atoms. The Kier molecular flexibility index (Phi) is 4.99. The summed E-state index contributed by atoms with van der Waals surface area (Å²) in [6.45, 7) is 2.30. The first-order valence-corrected chi connectivity index (χ1v) is 6.35. The first-order valence-electron chi connectivity index (χ1n) is 6.35. The van der Waals surface area contributed by atoms with Crippen molar-refractivity contribution in [2.24, 2.45) is 0 Å². The van der Waals surface area contributed by atoms with E-state index in [1.165, 1.54) is 0 Å². The van der Waals surface area contributed by atoms with Crippen LogP contribution >= 0.6 is 0 Å². The zero-order valence-electron chi connectivity index (χ0n) is 11.0. The van der Waals surface area contributed by atoms with Gasteiger partial charge in [0.1, 0.15) is 5.75 Å². The summed E-state index contributed by atoms with van der Waals surface area (Å²) in [7, 11) is 3.61. The maximum atomic E-state index is 6.08. The summed E-state index contributed by atoms with van der Waals surface area (Å²) < 4.78 is 16.6. The van der Waals surface area contributed by atoms with Crippen molar-refractivity contribution < 1.29 is 14.2 Å². The molecule has 2 atom stereocenters. The highest BCUT2D eigenvalue weighted by molar-refractivity contribution is 5.28. The minimum absolute atomic E-state index is 0.0626. The van der Waals surface area contributed by atoms with Crippen molar-refractivity contribution in [1.29, 1.82) is 0 Å². The summed E-state index contributed by atoms with van der Waals surface area (Å²) in [6, 6.07) is 8.03. The zero-order valence-corrected chi connectivity index (χ0v) is 11.0. The third kappa shape index (κ3) is 3.45. The molecular formula is C14H21NO3. The van der Waals surface area contributed by atoms with E-state index >= 15 is 0 Å². The normalized spacial score (nSPS) is 20.9. The molecule has 4 heteroatoms. The summed E-state index contributed by atoms with van der Waals surface area (Å²) in [4.78, 5) is 0. The van der Waals surface area contributed by atoms with Crippen molar-refractivity contribution in [3.63, 3.8) is 0 Å². The predicted molar refractivity (Wildman–Crippen MR) is 70.0 cm³/mol. The topological polar surface area (TPSA) is 39.7 Å². The summed E-state index contributed by atoms with van der Waals surface area (Å²) >= 11 is 0. The fourth-order valence-corrected chi connectivity index (χ4v) is 2.10. The van der Waals surface area contributed by atoms with Crippen molar-refractivity contribution in [2.75, 3.05) is 33.9 Å². The highest BCUT2D eigenvalue weighted by atomic mass is 16.6. The molecule has 18 heavy (non-hydrogen) atoms. The SMILES string of the molecule is CNCC(OC1CCOC1)c1ccc(OC)cc1. The van der Waals surface area contributed by atoms with Crippen LogP contribution < -0.4 is 10.1 Å². The van der Waals surface area contributed by atoms with E-state index in [4.69, 9.17) is 14.2 Å². The molecule has 0 aromatic heterocycles. The van der Waals surface area contributed by atoms with E-state index in [0.29, 0.717) is 6.61 Å². The molecule has 4 nitrogen and oxygen atoms in total. The van der Waals surface area contributed by atoms with Crippen LogP contribution in [-0.2, 0) is 9.47 Å². The molecule has 2 unspecified atom stereocenters. The zero-order chi connectivity index (χ0) is 12.8. The van der Waals surface area contributed by atoms with Gasteiger partial charge in [0.25, 0.3) is 0 Å². The summed E-state index contributed by atoms with van der Waals surface area (Å²) in [5.74, 6) is 0.867. The van der Waals surface area contributed by atoms with Gasteiger partial charge in [0.15, 0.2) is 0 Å². The van der Waals surface area contributed by atoms with Crippen LogP contribution in [0.15, 0.2) is 24.3 Å². The first-order chi connectivity index (χ1) is 8.83. The molecule has 1 saturated heterocycles. The highest BCUT2D eigenvalue weighted by Crippen LogP contribution is 2.23. The number of rotatable bonds is 6. The van der Waals surface area contributed by atoms with Gasteiger partial charge in [0.05, 0.1) is 25.9 Å². The second-order valence-electron chi connectivity index (χ2n) is 4.44. The summed E-state index contributed by atoms with van der Waals surface area (Å²) in [5, 5.41) is 3.17. The summed E-state index contributed by atoms with van der Waals surface area (Å²) in [5.41, 5.74) is 1.16. The van der Waals surface area contributed by atoms with Crippen LogP contribution in [0.5, 0.6) is 5.75 Å². The number of nitrogens with one attached hydrogen (secondary N) is 1. The lowest BCUT2D eigenvalue weighted by molar-refractivity contribution is -0.0156. The van der Waals surface area contributed by atoms with Gasteiger partial charge in [0.2, 0.25) is 0 Å². The van der Waals surface area contributed by atoms with E-state index in [1.54, 1.807) is 7.11 Å².